The van der Waals surface area contributed by atoms with E-state index in [9.17, 15) is 13.2 Å². The number of carbonyl (C=O) groups excluding carboxylic acids is 1. The van der Waals surface area contributed by atoms with Crippen LogP contribution in [-0.2, 0) is 9.84 Å². The third-order valence-electron chi connectivity index (χ3n) is 4.94. The van der Waals surface area contributed by atoms with E-state index < -0.39 is 9.84 Å². The molecule has 0 saturated heterocycles. The molecule has 0 fully saturated rings. The van der Waals surface area contributed by atoms with Gasteiger partial charge < -0.3 is 4.98 Å². The number of rotatable bonds is 5. The van der Waals surface area contributed by atoms with Crippen LogP contribution in [0.5, 0.6) is 0 Å². The molecular weight excluding hydrogens is 432 g/mol. The number of benzene rings is 3. The highest BCUT2D eigenvalue weighted by Gasteiger charge is 2.18. The molecule has 0 amide bonds. The summed E-state index contributed by atoms with van der Waals surface area (Å²) in [6.45, 7) is 1.48. The lowest BCUT2D eigenvalue weighted by atomic mass is 10.0. The SMILES string of the molecule is CC(=O)c1[nH]c(-c2ccccc2Cl)nc1-c1ccc(-c2cccc(S(C)(=O)=O)c2)cc1. The first-order valence-corrected chi connectivity index (χ1v) is 11.8. The zero-order valence-corrected chi connectivity index (χ0v) is 18.5. The lowest BCUT2D eigenvalue weighted by Gasteiger charge is -2.06. The second kappa shape index (κ2) is 8.13. The molecule has 0 aliphatic heterocycles. The van der Waals surface area contributed by atoms with E-state index in [4.69, 9.17) is 11.6 Å². The van der Waals surface area contributed by atoms with Gasteiger partial charge in [0.15, 0.2) is 15.6 Å². The van der Waals surface area contributed by atoms with E-state index in [-0.39, 0.29) is 10.7 Å². The van der Waals surface area contributed by atoms with Crippen molar-refractivity contribution in [1.29, 1.82) is 0 Å². The third kappa shape index (κ3) is 4.31. The van der Waals surface area contributed by atoms with Crippen LogP contribution in [0.1, 0.15) is 17.4 Å². The molecule has 7 heteroatoms. The van der Waals surface area contributed by atoms with Crippen molar-refractivity contribution >= 4 is 27.2 Å². The molecule has 156 valence electrons. The number of nitrogens with one attached hydrogen (secondary N) is 1. The van der Waals surface area contributed by atoms with Gasteiger partial charge in [-0.1, -0.05) is 60.1 Å². The molecule has 0 atom stereocenters. The van der Waals surface area contributed by atoms with Gasteiger partial charge in [-0.15, -0.1) is 0 Å². The normalized spacial score (nSPS) is 11.5. The van der Waals surface area contributed by atoms with E-state index in [0.717, 1.165) is 16.7 Å². The fourth-order valence-electron chi connectivity index (χ4n) is 3.34. The molecule has 1 heterocycles. The summed E-state index contributed by atoms with van der Waals surface area (Å²) < 4.78 is 23.7. The minimum atomic E-state index is -3.29. The van der Waals surface area contributed by atoms with Crippen LogP contribution in [0.4, 0.5) is 0 Å². The number of halogens is 1. The Morgan fingerprint density at radius 3 is 2.23 bits per heavy atom. The highest BCUT2D eigenvalue weighted by atomic mass is 35.5. The van der Waals surface area contributed by atoms with E-state index in [1.807, 2.05) is 48.5 Å². The number of H-pyrrole nitrogens is 1. The Kier molecular flexibility index (Phi) is 5.52. The highest BCUT2D eigenvalue weighted by Crippen LogP contribution is 2.31. The molecular formula is C24H19ClN2O3S. The van der Waals surface area contributed by atoms with E-state index in [2.05, 4.69) is 9.97 Å². The molecule has 0 bridgehead atoms. The molecule has 0 aliphatic carbocycles. The number of ketones is 1. The third-order valence-corrected chi connectivity index (χ3v) is 6.38. The summed E-state index contributed by atoms with van der Waals surface area (Å²) in [6, 6.07) is 21.6. The van der Waals surface area contributed by atoms with Gasteiger partial charge in [-0.3, -0.25) is 4.79 Å². The number of aromatic amines is 1. The van der Waals surface area contributed by atoms with Crippen molar-refractivity contribution in [1.82, 2.24) is 9.97 Å². The summed E-state index contributed by atoms with van der Waals surface area (Å²) in [5.41, 5.74) is 4.08. The number of Topliss-reactive ketones (excluding diaryl/α,β-unsaturated/α-hetero) is 1. The molecule has 1 N–H and O–H groups in total. The zero-order valence-electron chi connectivity index (χ0n) is 16.9. The number of carbonyl (C=O) groups is 1. The summed E-state index contributed by atoms with van der Waals surface area (Å²) >= 11 is 6.29. The van der Waals surface area contributed by atoms with Crippen LogP contribution in [0.2, 0.25) is 5.02 Å². The molecule has 4 aromatic rings. The predicted octanol–water partition coefficient (Wildman–Crippen LogP) is 5.67. The minimum absolute atomic E-state index is 0.134. The summed E-state index contributed by atoms with van der Waals surface area (Å²) in [4.78, 5) is 20.2. The minimum Gasteiger partial charge on any atom is -0.335 e. The van der Waals surface area contributed by atoms with Gasteiger partial charge in [-0.25, -0.2) is 13.4 Å². The van der Waals surface area contributed by atoms with Crippen molar-refractivity contribution in [3.05, 3.63) is 83.5 Å². The highest BCUT2D eigenvalue weighted by molar-refractivity contribution is 7.90. The van der Waals surface area contributed by atoms with Crippen LogP contribution in [-0.4, -0.2) is 30.4 Å². The Morgan fingerprint density at radius 1 is 0.903 bits per heavy atom. The Labute approximate surface area is 185 Å². The second-order valence-corrected chi connectivity index (χ2v) is 9.65. The molecule has 5 nitrogen and oxygen atoms in total. The maximum Gasteiger partial charge on any atom is 0.178 e. The molecule has 0 saturated carbocycles. The lowest BCUT2D eigenvalue weighted by Crippen LogP contribution is -1.97. The molecule has 0 spiro atoms. The van der Waals surface area contributed by atoms with Crippen molar-refractivity contribution in [2.45, 2.75) is 11.8 Å². The molecule has 4 rings (SSSR count). The van der Waals surface area contributed by atoms with Crippen LogP contribution >= 0.6 is 11.6 Å². The summed E-state index contributed by atoms with van der Waals surface area (Å²) in [5, 5.41) is 0.541. The van der Waals surface area contributed by atoms with Crippen molar-refractivity contribution in [3.8, 4) is 33.8 Å². The summed E-state index contributed by atoms with van der Waals surface area (Å²) in [6.07, 6.45) is 1.19. The monoisotopic (exact) mass is 450 g/mol. The molecule has 1 aromatic heterocycles. The Bertz CT molecular complexity index is 1390. The predicted molar refractivity (Wildman–Crippen MR) is 123 cm³/mol. The zero-order chi connectivity index (χ0) is 22.2. The first-order chi connectivity index (χ1) is 14.7. The fourth-order valence-corrected chi connectivity index (χ4v) is 4.24. The van der Waals surface area contributed by atoms with Crippen LogP contribution in [0, 0.1) is 0 Å². The number of aromatic nitrogens is 2. The number of hydrogen-bond acceptors (Lipinski definition) is 4. The smallest absolute Gasteiger partial charge is 0.178 e. The summed E-state index contributed by atoms with van der Waals surface area (Å²) in [7, 11) is -3.29. The topological polar surface area (TPSA) is 79.9 Å². The van der Waals surface area contributed by atoms with Crippen molar-refractivity contribution in [2.24, 2.45) is 0 Å². The number of imidazole rings is 1. The van der Waals surface area contributed by atoms with Gasteiger partial charge in [0.05, 0.1) is 15.6 Å². The standard InChI is InChI=1S/C24H19ClN2O3S/c1-15(28)22-23(27-24(26-22)20-8-3-4-9-21(20)25)17-12-10-16(11-13-17)18-6-5-7-19(14-18)31(2,29)30/h3-14H,1-2H3,(H,26,27). The van der Waals surface area contributed by atoms with Crippen LogP contribution in [0.25, 0.3) is 33.8 Å². The Balaban J connectivity index is 1.75. The van der Waals surface area contributed by atoms with Crippen molar-refractivity contribution < 1.29 is 13.2 Å². The molecule has 0 radical (unpaired) electrons. The average Bonchev–Trinajstić information content (AvgIpc) is 3.19. The van der Waals surface area contributed by atoms with Gasteiger partial charge >= 0.3 is 0 Å². The average molecular weight is 451 g/mol. The van der Waals surface area contributed by atoms with E-state index in [1.54, 1.807) is 24.3 Å². The number of hydrogen-bond donors (Lipinski definition) is 1. The molecule has 3 aromatic carbocycles. The quantitative estimate of drug-likeness (QED) is 0.397. The van der Waals surface area contributed by atoms with Gasteiger partial charge in [-0.05, 0) is 35.4 Å². The first-order valence-electron chi connectivity index (χ1n) is 9.51. The Hall–Kier alpha value is -3.22. The van der Waals surface area contributed by atoms with Crippen LogP contribution < -0.4 is 0 Å². The van der Waals surface area contributed by atoms with Gasteiger partial charge in [-0.2, -0.15) is 0 Å². The fraction of sp³-hybridized carbons (Fsp3) is 0.0833. The Morgan fingerprint density at radius 2 is 1.58 bits per heavy atom. The van der Waals surface area contributed by atoms with Gasteiger partial charge in [0.1, 0.15) is 11.5 Å². The molecule has 0 aliphatic rings. The maximum absolute atomic E-state index is 12.2. The maximum atomic E-state index is 12.2. The van der Waals surface area contributed by atoms with Crippen LogP contribution in [0.3, 0.4) is 0 Å². The van der Waals surface area contributed by atoms with Gasteiger partial charge in [0.2, 0.25) is 0 Å². The van der Waals surface area contributed by atoms with Gasteiger partial charge in [0, 0.05) is 24.3 Å². The van der Waals surface area contributed by atoms with Crippen molar-refractivity contribution in [3.63, 3.8) is 0 Å². The molecule has 0 unspecified atom stereocenters. The van der Waals surface area contributed by atoms with Crippen molar-refractivity contribution in [2.75, 3.05) is 6.26 Å². The second-order valence-electron chi connectivity index (χ2n) is 7.22. The molecule has 31 heavy (non-hydrogen) atoms. The summed E-state index contributed by atoms with van der Waals surface area (Å²) in [5.74, 6) is 0.390. The lowest BCUT2D eigenvalue weighted by molar-refractivity contribution is 0.101. The van der Waals surface area contributed by atoms with E-state index in [0.29, 0.717) is 27.8 Å². The number of sulfone groups is 1. The number of nitrogens with zero attached hydrogens (tertiary/aromatic N) is 1. The van der Waals surface area contributed by atoms with E-state index in [1.165, 1.54) is 13.2 Å². The van der Waals surface area contributed by atoms with Crippen LogP contribution in [0.15, 0.2) is 77.7 Å². The van der Waals surface area contributed by atoms with Gasteiger partial charge in [0.25, 0.3) is 0 Å². The van der Waals surface area contributed by atoms with E-state index >= 15 is 0 Å². The largest absolute Gasteiger partial charge is 0.335 e. The first kappa shape index (κ1) is 21.0.